The highest BCUT2D eigenvalue weighted by molar-refractivity contribution is 5.73. The van der Waals surface area contributed by atoms with E-state index in [-0.39, 0.29) is 65.4 Å². The fourth-order valence-corrected chi connectivity index (χ4v) is 8.90. The summed E-state index contributed by atoms with van der Waals surface area (Å²) in [4.78, 5) is 55.5. The molecule has 2 N–H and O–H groups in total. The van der Waals surface area contributed by atoms with Gasteiger partial charge in [-0.1, -0.05) is 79.3 Å². The quantitative estimate of drug-likeness (QED) is 0.153. The molecule has 0 fully saturated rings. The summed E-state index contributed by atoms with van der Waals surface area (Å²) in [5, 5.41) is 17.9. The molecule has 0 saturated heterocycles. The lowest BCUT2D eigenvalue weighted by molar-refractivity contribution is -0.160. The molecule has 6 atom stereocenters. The minimum Gasteiger partial charge on any atom is -0.481 e. The molecule has 0 bridgehead atoms. The number of allylic oxidation sites excluding steroid dienone is 12. The third-order valence-electron chi connectivity index (χ3n) is 13.0. The molecule has 0 radical (unpaired) electrons. The maximum absolute atomic E-state index is 11.8. The molecule has 0 spiro atoms. The number of carboxylic acid groups (broad SMARTS) is 1. The molecule has 6 aliphatic carbocycles. The van der Waals surface area contributed by atoms with Crippen molar-refractivity contribution in [1.82, 2.24) is 0 Å². The predicted molar refractivity (Wildman–Crippen MR) is 286 cm³/mol. The van der Waals surface area contributed by atoms with Crippen LogP contribution in [0, 0.1) is 23.7 Å². The SMILES string of the molecule is CC(=O)OC1CC/C=C\CCC1.CC(C)(C)OC(=O)C1CC/C=C\CCC1.COC(=O)C1C/C=C\CCCC1.COC(=O)C1CC/C=C\CCC1.O=C(O)C1CC/C=C\CCC1.OC1CC/C=C\CCC1. The third kappa shape index (κ3) is 37.2. The molecule has 0 saturated carbocycles. The van der Waals surface area contributed by atoms with E-state index in [1.54, 1.807) is 0 Å². The molecule has 0 amide bonds. The minimum atomic E-state index is -0.625. The number of hydrogen-bond acceptors (Lipinski definition) is 10. The number of ether oxygens (including phenoxy) is 4. The summed E-state index contributed by atoms with van der Waals surface area (Å²) in [5.41, 5.74) is -0.352. The Kier molecular flexibility index (Phi) is 38.6. The molecule has 0 aromatic heterocycles. The molecule has 0 heterocycles. The number of rotatable bonds is 5. The average molecular weight is 995 g/mol. The van der Waals surface area contributed by atoms with E-state index >= 15 is 0 Å². The Morgan fingerprint density at radius 3 is 1.30 bits per heavy atom. The molecular formula is C60H98O11. The molecule has 6 rings (SSSR count). The van der Waals surface area contributed by atoms with Crippen molar-refractivity contribution in [2.24, 2.45) is 23.7 Å². The Labute approximate surface area is 430 Å². The first-order valence-electron chi connectivity index (χ1n) is 27.5. The van der Waals surface area contributed by atoms with Crippen molar-refractivity contribution in [3.63, 3.8) is 0 Å². The van der Waals surface area contributed by atoms with E-state index in [0.717, 1.165) is 186 Å². The maximum atomic E-state index is 11.8. The lowest BCUT2D eigenvalue weighted by Gasteiger charge is -2.24. The summed E-state index contributed by atoms with van der Waals surface area (Å²) in [6.45, 7) is 7.25. The van der Waals surface area contributed by atoms with Gasteiger partial charge < -0.3 is 29.2 Å². The number of hydrogen-bond donors (Lipinski definition) is 2. The van der Waals surface area contributed by atoms with Crippen molar-refractivity contribution in [3.8, 4) is 0 Å². The molecule has 0 aliphatic heterocycles. The Balaban J connectivity index is 0.000000428. The van der Waals surface area contributed by atoms with Crippen LogP contribution in [0.15, 0.2) is 72.9 Å². The maximum Gasteiger partial charge on any atom is 0.309 e. The van der Waals surface area contributed by atoms with E-state index in [0.29, 0.717) is 0 Å². The van der Waals surface area contributed by atoms with Crippen LogP contribution in [0.5, 0.6) is 0 Å². The van der Waals surface area contributed by atoms with E-state index in [4.69, 9.17) is 24.1 Å². The predicted octanol–water partition coefficient (Wildman–Crippen LogP) is 14.6. The summed E-state index contributed by atoms with van der Waals surface area (Å²) in [5.74, 6) is -0.630. The average Bonchev–Trinajstić information content (AvgIpc) is 3.25. The first kappa shape index (κ1) is 64.8. The van der Waals surface area contributed by atoms with Crippen LogP contribution < -0.4 is 0 Å². The van der Waals surface area contributed by atoms with Crippen molar-refractivity contribution in [2.45, 2.75) is 238 Å². The van der Waals surface area contributed by atoms with Gasteiger partial charge in [0, 0.05) is 6.92 Å². The van der Waals surface area contributed by atoms with Gasteiger partial charge in [-0.3, -0.25) is 24.0 Å². The fourth-order valence-electron chi connectivity index (χ4n) is 8.90. The number of aliphatic carboxylic acids is 1. The molecule has 11 heteroatoms. The van der Waals surface area contributed by atoms with Crippen LogP contribution in [0.4, 0.5) is 0 Å². The lowest BCUT2D eigenvalue weighted by atomic mass is 9.94. The highest BCUT2D eigenvalue weighted by atomic mass is 16.6. The zero-order valence-corrected chi connectivity index (χ0v) is 45.2. The van der Waals surface area contributed by atoms with Gasteiger partial charge in [0.15, 0.2) is 0 Å². The van der Waals surface area contributed by atoms with E-state index in [9.17, 15) is 29.1 Å². The van der Waals surface area contributed by atoms with Crippen LogP contribution in [-0.2, 0) is 42.9 Å². The molecule has 11 nitrogen and oxygen atoms in total. The molecule has 0 aromatic rings. The third-order valence-corrected chi connectivity index (χ3v) is 13.0. The lowest BCUT2D eigenvalue weighted by Crippen LogP contribution is -2.29. The summed E-state index contributed by atoms with van der Waals surface area (Å²) in [6.07, 6.45) is 57.0. The van der Waals surface area contributed by atoms with Crippen LogP contribution in [0.1, 0.15) is 220 Å². The Bertz CT molecular complexity index is 1610. The summed E-state index contributed by atoms with van der Waals surface area (Å²) in [7, 11) is 2.93. The fraction of sp³-hybridized carbons (Fsp3) is 0.717. The van der Waals surface area contributed by atoms with Gasteiger partial charge in [0.1, 0.15) is 11.7 Å². The Morgan fingerprint density at radius 2 is 0.803 bits per heavy atom. The standard InChI is InChI=1S/C13H22O2.3C10H16O2.C9H14O2.C8H14O/c1-13(2,3)15-12(14)11-9-7-5-4-6-8-10-11;2*1-12-10(11)9-7-5-3-2-4-6-8-9;1-9(11)12-10-7-5-3-2-4-6-8-10;10-9(11)8-6-4-2-1-3-5-7-8;9-8-6-4-2-1-3-5-7-8/h4-5,11H,6-10H2,1-3H3;3,5,9H,2,4,6-8H2,1H3;2-3,9H,4-8H2,1H3;2-3,10H,4-8H2,1H3;1-2,8H,3-7H2,(H,10,11);1-2,8-9H,3-7H2/b5-4-;5-3-;2*3-2-;2*2-1-. The number of aliphatic hydroxyl groups excluding tert-OH is 1. The number of esters is 4. The van der Waals surface area contributed by atoms with Crippen molar-refractivity contribution >= 4 is 29.8 Å². The van der Waals surface area contributed by atoms with Crippen molar-refractivity contribution in [1.29, 1.82) is 0 Å². The molecule has 404 valence electrons. The normalized spacial score (nSPS) is 27.5. The zero-order valence-electron chi connectivity index (χ0n) is 45.2. The van der Waals surface area contributed by atoms with Gasteiger partial charge in [0.25, 0.3) is 0 Å². The van der Waals surface area contributed by atoms with Gasteiger partial charge in [-0.25, -0.2) is 0 Å². The highest BCUT2D eigenvalue weighted by Crippen LogP contribution is 2.24. The van der Waals surface area contributed by atoms with E-state index in [1.807, 2.05) is 20.8 Å². The molecule has 71 heavy (non-hydrogen) atoms. The first-order chi connectivity index (χ1) is 34.2. The number of carboxylic acids is 1. The van der Waals surface area contributed by atoms with Gasteiger partial charge in [-0.15, -0.1) is 0 Å². The second-order valence-corrected chi connectivity index (χ2v) is 20.5. The van der Waals surface area contributed by atoms with Crippen molar-refractivity contribution in [3.05, 3.63) is 72.9 Å². The molecule has 6 aliphatic rings. The smallest absolute Gasteiger partial charge is 0.309 e. The van der Waals surface area contributed by atoms with Crippen LogP contribution in [0.25, 0.3) is 0 Å². The summed E-state index contributed by atoms with van der Waals surface area (Å²) < 4.78 is 20.0. The second-order valence-electron chi connectivity index (χ2n) is 20.5. The molecule has 6 unspecified atom stereocenters. The number of methoxy groups -OCH3 is 2. The van der Waals surface area contributed by atoms with Crippen LogP contribution in [0.2, 0.25) is 0 Å². The zero-order chi connectivity index (χ0) is 52.4. The van der Waals surface area contributed by atoms with Crippen molar-refractivity contribution < 1.29 is 53.1 Å². The first-order valence-corrected chi connectivity index (χ1v) is 27.5. The number of carbonyl (C=O) groups is 5. The van der Waals surface area contributed by atoms with Gasteiger partial charge in [-0.2, -0.15) is 0 Å². The number of aliphatic hydroxyl groups is 1. The second kappa shape index (κ2) is 42.3. The Hall–Kier alpha value is -4.25. The van der Waals surface area contributed by atoms with E-state index in [1.165, 1.54) is 27.6 Å². The highest BCUT2D eigenvalue weighted by Gasteiger charge is 2.25. The largest absolute Gasteiger partial charge is 0.481 e. The topological polar surface area (TPSA) is 163 Å². The van der Waals surface area contributed by atoms with Gasteiger partial charge in [0.05, 0.1) is 44.0 Å². The molecule has 0 aromatic carbocycles. The Morgan fingerprint density at radius 1 is 0.423 bits per heavy atom. The van der Waals surface area contributed by atoms with Gasteiger partial charge in [-0.05, 0) is 207 Å². The van der Waals surface area contributed by atoms with Gasteiger partial charge in [0.2, 0.25) is 0 Å². The van der Waals surface area contributed by atoms with E-state index < -0.39 is 5.97 Å². The van der Waals surface area contributed by atoms with Crippen LogP contribution in [-0.4, -0.2) is 72.1 Å². The van der Waals surface area contributed by atoms with Crippen LogP contribution in [0.3, 0.4) is 0 Å². The summed E-state index contributed by atoms with van der Waals surface area (Å²) >= 11 is 0. The van der Waals surface area contributed by atoms with Crippen LogP contribution >= 0.6 is 0 Å². The summed E-state index contributed by atoms with van der Waals surface area (Å²) in [6, 6.07) is 0. The molecular weight excluding hydrogens is 897 g/mol. The minimum absolute atomic E-state index is 0.0159. The number of carbonyl (C=O) groups excluding carboxylic acids is 4. The van der Waals surface area contributed by atoms with Crippen molar-refractivity contribution in [2.75, 3.05) is 14.2 Å². The van der Waals surface area contributed by atoms with E-state index in [2.05, 4.69) is 72.9 Å². The van der Waals surface area contributed by atoms with Gasteiger partial charge >= 0.3 is 29.8 Å². The monoisotopic (exact) mass is 995 g/mol.